The summed E-state index contributed by atoms with van der Waals surface area (Å²) < 4.78 is 7.58. The van der Waals surface area contributed by atoms with Gasteiger partial charge in [0.2, 0.25) is 11.8 Å². The third kappa shape index (κ3) is 6.60. The van der Waals surface area contributed by atoms with E-state index >= 15 is 0 Å². The minimum atomic E-state index is -0.437. The van der Waals surface area contributed by atoms with Crippen LogP contribution in [-0.4, -0.2) is 35.8 Å². The topological polar surface area (TPSA) is 76.5 Å². The van der Waals surface area contributed by atoms with Crippen molar-refractivity contribution in [2.75, 3.05) is 24.3 Å². The molecule has 0 aliphatic rings. The average molecular weight is 539 g/mol. The maximum absolute atomic E-state index is 12.5. The third-order valence-corrected chi connectivity index (χ3v) is 6.47. The number of aryl methyl sites for hydroxylation is 2. The highest BCUT2D eigenvalue weighted by Crippen LogP contribution is 2.42. The first kappa shape index (κ1) is 28.6. The van der Waals surface area contributed by atoms with Gasteiger partial charge in [-0.05, 0) is 60.7 Å². The quantitative estimate of drug-likeness (QED) is 0.252. The van der Waals surface area contributed by atoms with Crippen LogP contribution in [0.25, 0.3) is 28.1 Å². The van der Waals surface area contributed by atoms with Gasteiger partial charge in [0.15, 0.2) is 0 Å². The van der Waals surface area contributed by atoms with Crippen molar-refractivity contribution in [3.05, 3.63) is 77.9 Å². The van der Waals surface area contributed by atoms with E-state index < -0.39 is 5.97 Å². The number of nitrogens with zero attached hydrogens (tertiary/aromatic N) is 3. The van der Waals surface area contributed by atoms with Gasteiger partial charge in [0.25, 0.3) is 0 Å². The van der Waals surface area contributed by atoms with E-state index in [4.69, 9.17) is 9.84 Å². The van der Waals surface area contributed by atoms with Crippen LogP contribution in [0.4, 0.5) is 11.4 Å². The molecule has 0 bridgehead atoms. The number of aromatic nitrogens is 2. The molecule has 0 spiro atoms. The lowest BCUT2D eigenvalue weighted by molar-refractivity contribution is -0.132. The lowest BCUT2D eigenvalue weighted by Gasteiger charge is -2.17. The van der Waals surface area contributed by atoms with Gasteiger partial charge in [-0.25, -0.2) is 0 Å². The molecule has 7 heteroatoms. The molecule has 1 amide bonds. The summed E-state index contributed by atoms with van der Waals surface area (Å²) >= 11 is 0. The van der Waals surface area contributed by atoms with Gasteiger partial charge in [-0.3, -0.25) is 9.59 Å². The standard InChI is InChI=1S/C33H38N4O3/c1-21-9-18-28(22(2)19-21)37-32(40-23(3)38)30(31(35-37)25-12-16-27(17-13-25)36(7)8)24-10-14-26(15-11-24)34-29(39)20-33(4,5)6/h9-19H,20H2,1-8H3,(H,34,39). The molecule has 0 atom stereocenters. The van der Waals surface area contributed by atoms with Crippen molar-refractivity contribution in [2.24, 2.45) is 5.41 Å². The number of carbonyl (C=O) groups excluding carboxylic acids is 2. The predicted octanol–water partition coefficient (Wildman–Crippen LogP) is 7.19. The van der Waals surface area contributed by atoms with Crippen molar-refractivity contribution in [3.63, 3.8) is 0 Å². The summed E-state index contributed by atoms with van der Waals surface area (Å²) in [6, 6.07) is 21.8. The number of benzene rings is 3. The van der Waals surface area contributed by atoms with Crippen LogP contribution in [0.3, 0.4) is 0 Å². The Balaban J connectivity index is 1.88. The van der Waals surface area contributed by atoms with Crippen LogP contribution in [0.2, 0.25) is 0 Å². The highest BCUT2D eigenvalue weighted by atomic mass is 16.5. The highest BCUT2D eigenvalue weighted by molar-refractivity contribution is 5.92. The van der Waals surface area contributed by atoms with Gasteiger partial charge in [-0.1, -0.05) is 62.7 Å². The zero-order valence-corrected chi connectivity index (χ0v) is 24.6. The zero-order valence-electron chi connectivity index (χ0n) is 24.6. The van der Waals surface area contributed by atoms with Crippen molar-refractivity contribution in [1.82, 2.24) is 9.78 Å². The maximum atomic E-state index is 12.5. The summed E-state index contributed by atoms with van der Waals surface area (Å²) in [5.74, 6) is -0.131. The summed E-state index contributed by atoms with van der Waals surface area (Å²) in [5, 5.41) is 7.99. The van der Waals surface area contributed by atoms with Crippen LogP contribution in [-0.2, 0) is 9.59 Å². The fraction of sp³-hybridized carbons (Fsp3) is 0.303. The van der Waals surface area contributed by atoms with E-state index in [0.29, 0.717) is 29.2 Å². The van der Waals surface area contributed by atoms with Crippen molar-refractivity contribution in [2.45, 2.75) is 48.0 Å². The number of nitrogens with one attached hydrogen (secondary N) is 1. The average Bonchev–Trinajstić information content (AvgIpc) is 3.21. The molecule has 0 saturated heterocycles. The lowest BCUT2D eigenvalue weighted by atomic mass is 9.92. The smallest absolute Gasteiger partial charge is 0.309 e. The third-order valence-electron chi connectivity index (χ3n) is 6.47. The molecule has 0 aliphatic carbocycles. The highest BCUT2D eigenvalue weighted by Gasteiger charge is 2.25. The van der Waals surface area contributed by atoms with Gasteiger partial charge in [0, 0.05) is 44.4 Å². The van der Waals surface area contributed by atoms with E-state index in [1.807, 2.05) is 114 Å². The first-order valence-electron chi connectivity index (χ1n) is 13.4. The summed E-state index contributed by atoms with van der Waals surface area (Å²) in [6.45, 7) is 11.5. The second kappa shape index (κ2) is 11.4. The van der Waals surface area contributed by atoms with E-state index in [9.17, 15) is 9.59 Å². The normalized spacial score (nSPS) is 11.3. The van der Waals surface area contributed by atoms with Crippen LogP contribution in [0.15, 0.2) is 66.7 Å². The van der Waals surface area contributed by atoms with Crippen molar-refractivity contribution in [1.29, 1.82) is 0 Å². The number of rotatable bonds is 7. The van der Waals surface area contributed by atoms with Gasteiger partial charge in [0.05, 0.1) is 11.3 Å². The Morgan fingerprint density at radius 3 is 2.10 bits per heavy atom. The number of hydrogen-bond acceptors (Lipinski definition) is 5. The monoisotopic (exact) mass is 538 g/mol. The minimum Gasteiger partial charge on any atom is -0.407 e. The number of ether oxygens (including phenoxy) is 1. The molecule has 0 unspecified atom stereocenters. The van der Waals surface area contributed by atoms with Crippen molar-refractivity contribution >= 4 is 23.3 Å². The van der Waals surface area contributed by atoms with Gasteiger partial charge < -0.3 is 15.0 Å². The summed E-state index contributed by atoms with van der Waals surface area (Å²) in [4.78, 5) is 26.9. The molecule has 7 nitrogen and oxygen atoms in total. The Labute approximate surface area is 236 Å². The Morgan fingerprint density at radius 2 is 1.55 bits per heavy atom. The molecule has 4 aromatic rings. The molecular formula is C33H38N4O3. The SMILES string of the molecule is CC(=O)Oc1c(-c2ccc(NC(=O)CC(C)(C)C)cc2)c(-c2ccc(N(C)C)cc2)nn1-c1ccc(C)cc1C. The van der Waals surface area contributed by atoms with Gasteiger partial charge in [-0.2, -0.15) is 9.78 Å². The van der Waals surface area contributed by atoms with Crippen LogP contribution in [0, 0.1) is 19.3 Å². The summed E-state index contributed by atoms with van der Waals surface area (Å²) in [7, 11) is 3.99. The largest absolute Gasteiger partial charge is 0.407 e. The van der Waals surface area contributed by atoms with Crippen LogP contribution in [0.5, 0.6) is 5.88 Å². The Morgan fingerprint density at radius 1 is 0.925 bits per heavy atom. The summed E-state index contributed by atoms with van der Waals surface area (Å²) in [5.41, 5.74) is 7.70. The number of amides is 1. The molecule has 4 rings (SSSR count). The molecule has 1 heterocycles. The number of hydrogen-bond donors (Lipinski definition) is 1. The number of esters is 1. The van der Waals surface area contributed by atoms with E-state index in [-0.39, 0.29) is 11.3 Å². The molecule has 1 N–H and O–H groups in total. The van der Waals surface area contributed by atoms with Gasteiger partial charge in [-0.15, -0.1) is 0 Å². The van der Waals surface area contributed by atoms with E-state index in [0.717, 1.165) is 33.6 Å². The second-order valence-corrected chi connectivity index (χ2v) is 11.6. The van der Waals surface area contributed by atoms with Crippen LogP contribution in [0.1, 0.15) is 45.2 Å². The zero-order chi connectivity index (χ0) is 29.2. The summed E-state index contributed by atoms with van der Waals surface area (Å²) in [6.07, 6.45) is 0.418. The van der Waals surface area contributed by atoms with E-state index in [2.05, 4.69) is 11.4 Å². The number of anilines is 2. The maximum Gasteiger partial charge on any atom is 0.309 e. The molecule has 0 radical (unpaired) electrons. The minimum absolute atomic E-state index is 0.0369. The van der Waals surface area contributed by atoms with Crippen molar-refractivity contribution < 1.29 is 14.3 Å². The first-order chi connectivity index (χ1) is 18.8. The van der Waals surface area contributed by atoms with Gasteiger partial charge >= 0.3 is 5.97 Å². The molecular weight excluding hydrogens is 500 g/mol. The van der Waals surface area contributed by atoms with Crippen molar-refractivity contribution in [3.8, 4) is 34.0 Å². The second-order valence-electron chi connectivity index (χ2n) is 11.6. The lowest BCUT2D eigenvalue weighted by Crippen LogP contribution is -2.19. The molecule has 1 aromatic heterocycles. The van der Waals surface area contributed by atoms with E-state index in [1.54, 1.807) is 4.68 Å². The molecule has 40 heavy (non-hydrogen) atoms. The fourth-order valence-electron chi connectivity index (χ4n) is 4.63. The Hall–Kier alpha value is -4.39. The Bertz CT molecular complexity index is 1530. The molecule has 0 fully saturated rings. The van der Waals surface area contributed by atoms with Gasteiger partial charge in [0.1, 0.15) is 5.69 Å². The molecule has 0 aliphatic heterocycles. The molecule has 0 saturated carbocycles. The van der Waals surface area contributed by atoms with Crippen LogP contribution < -0.4 is 15.0 Å². The van der Waals surface area contributed by atoms with E-state index in [1.165, 1.54) is 6.92 Å². The van der Waals surface area contributed by atoms with Crippen LogP contribution >= 0.6 is 0 Å². The molecule has 208 valence electrons. The Kier molecular flexibility index (Phi) is 8.14. The predicted molar refractivity (Wildman–Crippen MR) is 162 cm³/mol. The molecule has 3 aromatic carbocycles. The first-order valence-corrected chi connectivity index (χ1v) is 13.4. The number of carbonyl (C=O) groups is 2. The fourth-order valence-corrected chi connectivity index (χ4v) is 4.63.